The molecule has 0 spiro atoms. The van der Waals surface area contributed by atoms with Gasteiger partial charge in [-0.05, 0) is 35.7 Å². The molecule has 23 heavy (non-hydrogen) atoms. The van der Waals surface area contributed by atoms with Gasteiger partial charge in [-0.1, -0.05) is 6.07 Å². The van der Waals surface area contributed by atoms with Crippen molar-refractivity contribution in [1.29, 1.82) is 0 Å². The Labute approximate surface area is 138 Å². The highest BCUT2D eigenvalue weighted by Crippen LogP contribution is 2.25. The third-order valence-electron chi connectivity index (χ3n) is 2.98. The van der Waals surface area contributed by atoms with E-state index in [-0.39, 0.29) is 12.4 Å². The van der Waals surface area contributed by atoms with E-state index in [1.54, 1.807) is 48.9 Å². The van der Waals surface area contributed by atoms with Crippen molar-refractivity contribution in [2.75, 3.05) is 20.8 Å². The molecule has 0 unspecified atom stereocenters. The molecule has 0 fully saturated rings. The number of esters is 1. The van der Waals surface area contributed by atoms with Crippen molar-refractivity contribution in [3.63, 3.8) is 0 Å². The molecule has 0 aliphatic heterocycles. The molecule has 0 bridgehead atoms. The van der Waals surface area contributed by atoms with Crippen molar-refractivity contribution in [1.82, 2.24) is 0 Å². The van der Waals surface area contributed by atoms with Crippen LogP contribution in [0.4, 0.5) is 0 Å². The van der Waals surface area contributed by atoms with Gasteiger partial charge in [-0.25, -0.2) is 4.79 Å². The lowest BCUT2D eigenvalue weighted by Gasteiger charge is -2.07. The first-order valence-electron chi connectivity index (χ1n) is 6.77. The molecule has 2 aromatic rings. The molecule has 0 atom stereocenters. The first-order chi connectivity index (χ1) is 11.1. The highest BCUT2D eigenvalue weighted by molar-refractivity contribution is 7.12. The van der Waals surface area contributed by atoms with Gasteiger partial charge in [0.15, 0.2) is 6.61 Å². The van der Waals surface area contributed by atoms with Crippen LogP contribution < -0.4 is 9.47 Å². The number of rotatable bonds is 7. The number of benzene rings is 1. The Bertz CT molecular complexity index is 704. The average Bonchev–Trinajstić information content (AvgIpc) is 3.12. The maximum Gasteiger partial charge on any atom is 0.331 e. The van der Waals surface area contributed by atoms with Gasteiger partial charge in [-0.15, -0.1) is 11.3 Å². The zero-order valence-electron chi connectivity index (χ0n) is 12.8. The smallest absolute Gasteiger partial charge is 0.331 e. The quantitative estimate of drug-likeness (QED) is 0.443. The predicted molar refractivity (Wildman–Crippen MR) is 88.2 cm³/mol. The Balaban J connectivity index is 1.97. The molecule has 1 heterocycles. The summed E-state index contributed by atoms with van der Waals surface area (Å²) in [4.78, 5) is 24.0. The van der Waals surface area contributed by atoms with Gasteiger partial charge in [-0.2, -0.15) is 0 Å². The highest BCUT2D eigenvalue weighted by Gasteiger charge is 2.09. The van der Waals surface area contributed by atoms with E-state index in [0.29, 0.717) is 21.9 Å². The van der Waals surface area contributed by atoms with Gasteiger partial charge in [0.1, 0.15) is 11.5 Å². The van der Waals surface area contributed by atoms with Crippen LogP contribution in [0.3, 0.4) is 0 Å². The monoisotopic (exact) mass is 332 g/mol. The third kappa shape index (κ3) is 4.69. The summed E-state index contributed by atoms with van der Waals surface area (Å²) in [6.07, 6.45) is 2.80. The summed E-state index contributed by atoms with van der Waals surface area (Å²) in [5.74, 6) is 0.427. The minimum absolute atomic E-state index is 0.222. The van der Waals surface area contributed by atoms with Crippen LogP contribution in [0, 0.1) is 0 Å². The van der Waals surface area contributed by atoms with E-state index >= 15 is 0 Å². The molecule has 5 nitrogen and oxygen atoms in total. The first kappa shape index (κ1) is 16.8. The third-order valence-corrected chi connectivity index (χ3v) is 3.89. The number of carbonyl (C=O) groups excluding carboxylic acids is 2. The molecule has 1 aromatic carbocycles. The van der Waals surface area contributed by atoms with E-state index < -0.39 is 5.97 Å². The molecule has 0 saturated heterocycles. The van der Waals surface area contributed by atoms with Gasteiger partial charge in [-0.3, -0.25) is 4.79 Å². The van der Waals surface area contributed by atoms with Crippen LogP contribution in [0.15, 0.2) is 41.8 Å². The number of methoxy groups -OCH3 is 2. The summed E-state index contributed by atoms with van der Waals surface area (Å²) < 4.78 is 15.3. The van der Waals surface area contributed by atoms with Gasteiger partial charge in [0, 0.05) is 11.6 Å². The fourth-order valence-electron chi connectivity index (χ4n) is 1.82. The van der Waals surface area contributed by atoms with Crippen LogP contribution in [0.2, 0.25) is 0 Å². The largest absolute Gasteiger partial charge is 0.497 e. The van der Waals surface area contributed by atoms with Crippen LogP contribution in [0.5, 0.6) is 11.5 Å². The van der Waals surface area contributed by atoms with Gasteiger partial charge in [0.2, 0.25) is 5.78 Å². The van der Waals surface area contributed by atoms with Gasteiger partial charge in [0.25, 0.3) is 0 Å². The van der Waals surface area contributed by atoms with E-state index in [0.717, 1.165) is 0 Å². The molecule has 0 radical (unpaired) electrons. The van der Waals surface area contributed by atoms with Gasteiger partial charge in [0.05, 0.1) is 19.1 Å². The molecule has 2 rings (SSSR count). The lowest BCUT2D eigenvalue weighted by molar-refractivity contribution is -0.136. The number of Topliss-reactive ketones (excluding diaryl/α,β-unsaturated/α-hetero) is 1. The Hall–Kier alpha value is -2.60. The van der Waals surface area contributed by atoms with Gasteiger partial charge < -0.3 is 14.2 Å². The number of carbonyl (C=O) groups is 2. The molecular formula is C17H16O5S. The van der Waals surface area contributed by atoms with Crippen molar-refractivity contribution in [2.24, 2.45) is 0 Å². The Morgan fingerprint density at radius 1 is 1.17 bits per heavy atom. The molecule has 1 aromatic heterocycles. The summed E-state index contributed by atoms with van der Waals surface area (Å²) in [6.45, 7) is -0.279. The number of hydrogen-bond donors (Lipinski definition) is 0. The number of ether oxygens (including phenoxy) is 3. The fraction of sp³-hybridized carbons (Fsp3) is 0.176. The Morgan fingerprint density at radius 3 is 2.65 bits per heavy atom. The second-order valence-electron chi connectivity index (χ2n) is 4.45. The van der Waals surface area contributed by atoms with Crippen molar-refractivity contribution < 1.29 is 23.8 Å². The maximum absolute atomic E-state index is 11.7. The van der Waals surface area contributed by atoms with E-state index in [4.69, 9.17) is 14.2 Å². The SMILES string of the molecule is COc1ccc(OC)c(/C=C/C(=O)OCC(=O)c2cccs2)c1. The zero-order valence-corrected chi connectivity index (χ0v) is 13.6. The van der Waals surface area contributed by atoms with Crippen LogP contribution in [0.25, 0.3) is 6.08 Å². The topological polar surface area (TPSA) is 61.8 Å². The molecule has 0 amide bonds. The normalized spacial score (nSPS) is 10.5. The van der Waals surface area contributed by atoms with E-state index in [1.807, 2.05) is 0 Å². The molecular weight excluding hydrogens is 316 g/mol. The van der Waals surface area contributed by atoms with Gasteiger partial charge >= 0.3 is 5.97 Å². The summed E-state index contributed by atoms with van der Waals surface area (Å²) in [5.41, 5.74) is 0.674. The average molecular weight is 332 g/mol. The summed E-state index contributed by atoms with van der Waals surface area (Å²) in [6, 6.07) is 8.70. The molecule has 120 valence electrons. The summed E-state index contributed by atoms with van der Waals surface area (Å²) in [5, 5.41) is 1.80. The lowest BCUT2D eigenvalue weighted by Crippen LogP contribution is -2.11. The molecule has 0 saturated carbocycles. The fourth-order valence-corrected chi connectivity index (χ4v) is 2.47. The Morgan fingerprint density at radius 2 is 2.00 bits per heavy atom. The molecule has 6 heteroatoms. The van der Waals surface area contributed by atoms with Crippen LogP contribution >= 0.6 is 11.3 Å². The number of thiophene rings is 1. The van der Waals surface area contributed by atoms with Crippen LogP contribution in [-0.2, 0) is 9.53 Å². The standard InChI is InChI=1S/C17H16O5S/c1-20-13-6-7-15(21-2)12(10-13)5-8-17(19)22-11-14(18)16-4-3-9-23-16/h3-10H,11H2,1-2H3/b8-5+. The summed E-state index contributed by atoms with van der Waals surface area (Å²) >= 11 is 1.31. The minimum atomic E-state index is -0.597. The lowest BCUT2D eigenvalue weighted by atomic mass is 10.1. The summed E-state index contributed by atoms with van der Waals surface area (Å²) in [7, 11) is 3.09. The van der Waals surface area contributed by atoms with Crippen molar-refractivity contribution in [2.45, 2.75) is 0 Å². The van der Waals surface area contributed by atoms with Crippen molar-refractivity contribution in [3.8, 4) is 11.5 Å². The Kier molecular flexibility index (Phi) is 5.94. The van der Waals surface area contributed by atoms with E-state index in [9.17, 15) is 9.59 Å². The molecule has 0 N–H and O–H groups in total. The van der Waals surface area contributed by atoms with E-state index in [1.165, 1.54) is 24.5 Å². The second kappa shape index (κ2) is 8.14. The van der Waals surface area contributed by atoms with Crippen molar-refractivity contribution in [3.05, 3.63) is 52.2 Å². The van der Waals surface area contributed by atoms with E-state index in [2.05, 4.69) is 0 Å². The molecule has 0 aliphatic carbocycles. The number of hydrogen-bond acceptors (Lipinski definition) is 6. The number of ketones is 1. The predicted octanol–water partition coefficient (Wildman–Crippen LogP) is 3.20. The minimum Gasteiger partial charge on any atom is -0.497 e. The highest BCUT2D eigenvalue weighted by atomic mass is 32.1. The maximum atomic E-state index is 11.7. The molecule has 0 aliphatic rings. The zero-order chi connectivity index (χ0) is 16.7. The van der Waals surface area contributed by atoms with Crippen LogP contribution in [-0.4, -0.2) is 32.6 Å². The van der Waals surface area contributed by atoms with Crippen molar-refractivity contribution >= 4 is 29.2 Å². The first-order valence-corrected chi connectivity index (χ1v) is 7.65. The van der Waals surface area contributed by atoms with Crippen LogP contribution in [0.1, 0.15) is 15.2 Å². The second-order valence-corrected chi connectivity index (χ2v) is 5.40.